The minimum Gasteiger partial charge on any atom is -0.436 e. The molecule has 0 saturated carbocycles. The van der Waals surface area contributed by atoms with Gasteiger partial charge in [0.15, 0.2) is 6.61 Å². The van der Waals surface area contributed by atoms with Crippen molar-refractivity contribution in [3.8, 4) is 12.3 Å². The average Bonchev–Trinajstić information content (AvgIpc) is 2.82. The molecule has 0 aromatic carbocycles. The molecule has 2 N–H and O–H groups in total. The summed E-state index contributed by atoms with van der Waals surface area (Å²) in [7, 11) is 0. The number of amides is 3. The van der Waals surface area contributed by atoms with Crippen LogP contribution in [-0.4, -0.2) is 54.7 Å². The van der Waals surface area contributed by atoms with E-state index in [4.69, 9.17) is 16.9 Å². The zero-order chi connectivity index (χ0) is 12.4. The molecule has 0 aromatic rings. The molecule has 2 saturated heterocycles. The first-order valence-corrected chi connectivity index (χ1v) is 5.51. The van der Waals surface area contributed by atoms with E-state index < -0.39 is 0 Å². The zero-order valence-corrected chi connectivity index (χ0v) is 9.46. The first-order valence-electron chi connectivity index (χ1n) is 5.51. The summed E-state index contributed by atoms with van der Waals surface area (Å²) in [6.07, 6.45) is 4.64. The van der Waals surface area contributed by atoms with Crippen LogP contribution in [0, 0.1) is 24.2 Å². The lowest BCUT2D eigenvalue weighted by Crippen LogP contribution is -2.38. The highest BCUT2D eigenvalue weighted by atomic mass is 16.6. The van der Waals surface area contributed by atoms with Gasteiger partial charge in [0.05, 0.1) is 0 Å². The Bertz CT molecular complexity index is 363. The van der Waals surface area contributed by atoms with Crippen molar-refractivity contribution >= 4 is 12.1 Å². The second-order valence-electron chi connectivity index (χ2n) is 4.43. The van der Waals surface area contributed by atoms with Gasteiger partial charge in [-0.1, -0.05) is 5.92 Å². The van der Waals surface area contributed by atoms with E-state index in [-0.39, 0.29) is 18.7 Å². The molecule has 17 heavy (non-hydrogen) atoms. The fourth-order valence-corrected chi connectivity index (χ4v) is 2.52. The molecule has 2 aliphatic heterocycles. The molecule has 6 heteroatoms. The fraction of sp³-hybridized carbons (Fsp3) is 0.636. The Morgan fingerprint density at radius 3 is 2.24 bits per heavy atom. The fourth-order valence-electron chi connectivity index (χ4n) is 2.52. The Kier molecular flexibility index (Phi) is 3.09. The molecule has 2 heterocycles. The number of likely N-dealkylation sites (tertiary alicyclic amines) is 2. The van der Waals surface area contributed by atoms with Gasteiger partial charge in [0.2, 0.25) is 0 Å². The predicted octanol–water partition coefficient (Wildman–Crippen LogP) is -0.301. The molecule has 92 valence electrons. The number of fused-ring (bicyclic) bond motifs is 1. The van der Waals surface area contributed by atoms with Gasteiger partial charge in [-0.05, 0) is 0 Å². The maximum atomic E-state index is 11.6. The summed E-state index contributed by atoms with van der Waals surface area (Å²) in [6.45, 7) is 2.46. The van der Waals surface area contributed by atoms with E-state index in [1.165, 1.54) is 0 Å². The first kappa shape index (κ1) is 11.6. The van der Waals surface area contributed by atoms with E-state index in [1.54, 1.807) is 9.80 Å². The van der Waals surface area contributed by atoms with Crippen LogP contribution in [0.3, 0.4) is 0 Å². The Labute approximate surface area is 99.7 Å². The van der Waals surface area contributed by atoms with Crippen molar-refractivity contribution in [2.75, 3.05) is 32.8 Å². The number of nitrogens with zero attached hydrogens (tertiary/aromatic N) is 2. The highest BCUT2D eigenvalue weighted by Crippen LogP contribution is 2.31. The maximum absolute atomic E-state index is 11.6. The van der Waals surface area contributed by atoms with Crippen LogP contribution >= 0.6 is 0 Å². The van der Waals surface area contributed by atoms with Gasteiger partial charge in [-0.15, -0.1) is 6.42 Å². The number of urea groups is 1. The third kappa shape index (κ3) is 2.28. The van der Waals surface area contributed by atoms with E-state index in [2.05, 4.69) is 5.92 Å². The number of rotatable bonds is 1. The standard InChI is InChI=1S/C11H15N3O3/c1-2-3-17-11(16)14-6-8-4-13(10(12)15)5-9(8)7-14/h1,8-9H,3-7H2,(H2,12,15)/t8-,9+. The van der Waals surface area contributed by atoms with Gasteiger partial charge in [-0.3, -0.25) is 0 Å². The molecular weight excluding hydrogens is 222 g/mol. The molecule has 2 fully saturated rings. The molecule has 0 spiro atoms. The summed E-state index contributed by atoms with van der Waals surface area (Å²) in [5.74, 6) is 2.87. The van der Waals surface area contributed by atoms with Crippen molar-refractivity contribution in [3.05, 3.63) is 0 Å². The molecular formula is C11H15N3O3. The third-order valence-corrected chi connectivity index (χ3v) is 3.34. The van der Waals surface area contributed by atoms with Crippen molar-refractivity contribution in [2.24, 2.45) is 17.6 Å². The molecule has 3 amide bonds. The number of nitrogens with two attached hydrogens (primary N) is 1. The summed E-state index contributed by atoms with van der Waals surface area (Å²) < 4.78 is 4.86. The highest BCUT2D eigenvalue weighted by Gasteiger charge is 2.42. The Morgan fingerprint density at radius 2 is 1.76 bits per heavy atom. The number of hydrogen-bond acceptors (Lipinski definition) is 3. The van der Waals surface area contributed by atoms with Gasteiger partial charge >= 0.3 is 12.1 Å². The van der Waals surface area contributed by atoms with Gasteiger partial charge < -0.3 is 20.3 Å². The SMILES string of the molecule is C#CCOC(=O)N1C[C@H]2CN(C(N)=O)C[C@H]2C1. The number of carbonyl (C=O) groups excluding carboxylic acids is 2. The number of terminal acetylenes is 1. The monoisotopic (exact) mass is 237 g/mol. The Hall–Kier alpha value is -1.90. The van der Waals surface area contributed by atoms with Crippen LogP contribution in [0.25, 0.3) is 0 Å². The molecule has 2 atom stereocenters. The number of primary amides is 1. The molecule has 0 unspecified atom stereocenters. The van der Waals surface area contributed by atoms with Crippen molar-refractivity contribution in [1.82, 2.24) is 9.80 Å². The molecule has 0 aliphatic carbocycles. The molecule has 0 radical (unpaired) electrons. The molecule has 0 bridgehead atoms. The lowest BCUT2D eigenvalue weighted by molar-refractivity contribution is 0.118. The topological polar surface area (TPSA) is 75.9 Å². The molecule has 2 aliphatic rings. The highest BCUT2D eigenvalue weighted by molar-refractivity contribution is 5.72. The van der Waals surface area contributed by atoms with Crippen LogP contribution in [0.2, 0.25) is 0 Å². The largest absolute Gasteiger partial charge is 0.436 e. The van der Waals surface area contributed by atoms with Crippen LogP contribution in [0.15, 0.2) is 0 Å². The summed E-state index contributed by atoms with van der Waals surface area (Å²) in [5, 5.41) is 0. The second-order valence-corrected chi connectivity index (χ2v) is 4.43. The van der Waals surface area contributed by atoms with Gasteiger partial charge in [-0.25, -0.2) is 9.59 Å². The van der Waals surface area contributed by atoms with E-state index in [9.17, 15) is 9.59 Å². The van der Waals surface area contributed by atoms with E-state index >= 15 is 0 Å². The summed E-state index contributed by atoms with van der Waals surface area (Å²) in [6, 6.07) is -0.388. The number of ether oxygens (including phenoxy) is 1. The van der Waals surface area contributed by atoms with Gasteiger partial charge in [0.25, 0.3) is 0 Å². The number of hydrogen-bond donors (Lipinski definition) is 1. The summed E-state index contributed by atoms with van der Waals surface area (Å²) >= 11 is 0. The number of carbonyl (C=O) groups is 2. The van der Waals surface area contributed by atoms with E-state index in [0.717, 1.165) is 0 Å². The van der Waals surface area contributed by atoms with Crippen molar-refractivity contribution in [2.45, 2.75) is 0 Å². The lowest BCUT2D eigenvalue weighted by atomic mass is 10.0. The normalized spacial score (nSPS) is 26.5. The molecule has 2 rings (SSSR count). The third-order valence-electron chi connectivity index (χ3n) is 3.34. The van der Waals surface area contributed by atoms with Gasteiger partial charge in [0.1, 0.15) is 0 Å². The smallest absolute Gasteiger partial charge is 0.410 e. The Balaban J connectivity index is 1.86. The van der Waals surface area contributed by atoms with Crippen LogP contribution in [0.1, 0.15) is 0 Å². The van der Waals surface area contributed by atoms with E-state index in [1.807, 2.05) is 0 Å². The minimum atomic E-state index is -0.388. The molecule has 0 aromatic heterocycles. The van der Waals surface area contributed by atoms with Crippen LogP contribution in [0.5, 0.6) is 0 Å². The zero-order valence-electron chi connectivity index (χ0n) is 9.46. The van der Waals surface area contributed by atoms with Crippen molar-refractivity contribution in [3.63, 3.8) is 0 Å². The second kappa shape index (κ2) is 4.53. The van der Waals surface area contributed by atoms with Gasteiger partial charge in [0, 0.05) is 38.0 Å². The summed E-state index contributed by atoms with van der Waals surface area (Å²) in [4.78, 5) is 25.8. The maximum Gasteiger partial charge on any atom is 0.410 e. The van der Waals surface area contributed by atoms with Crippen LogP contribution in [-0.2, 0) is 4.74 Å². The quantitative estimate of drug-likeness (QED) is 0.636. The van der Waals surface area contributed by atoms with Gasteiger partial charge in [-0.2, -0.15) is 0 Å². The van der Waals surface area contributed by atoms with Crippen LogP contribution in [0.4, 0.5) is 9.59 Å². The lowest BCUT2D eigenvalue weighted by Gasteiger charge is -2.19. The summed E-state index contributed by atoms with van der Waals surface area (Å²) in [5.41, 5.74) is 5.22. The average molecular weight is 237 g/mol. The predicted molar refractivity (Wildman–Crippen MR) is 59.9 cm³/mol. The van der Waals surface area contributed by atoms with Crippen LogP contribution < -0.4 is 5.73 Å². The van der Waals surface area contributed by atoms with E-state index in [0.29, 0.717) is 38.0 Å². The van der Waals surface area contributed by atoms with Crippen molar-refractivity contribution < 1.29 is 14.3 Å². The Morgan fingerprint density at radius 1 is 1.24 bits per heavy atom. The minimum absolute atomic E-state index is 0.00191. The van der Waals surface area contributed by atoms with Crippen molar-refractivity contribution in [1.29, 1.82) is 0 Å². The first-order chi connectivity index (χ1) is 8.11. The molecule has 6 nitrogen and oxygen atoms in total.